The van der Waals surface area contributed by atoms with Crippen molar-refractivity contribution in [1.29, 1.82) is 0 Å². The summed E-state index contributed by atoms with van der Waals surface area (Å²) in [5.74, 6) is -0.149. The lowest BCUT2D eigenvalue weighted by atomic mass is 9.91. The molecule has 11 nitrogen and oxygen atoms in total. The van der Waals surface area contributed by atoms with Gasteiger partial charge in [-0.15, -0.1) is 0 Å². The second kappa shape index (κ2) is 11.7. The molecular weight excluding hydrogens is 481 g/mol. The monoisotopic (exact) mass is 513 g/mol. The van der Waals surface area contributed by atoms with Crippen molar-refractivity contribution in [3.05, 3.63) is 48.2 Å². The highest BCUT2D eigenvalue weighted by atomic mass is 19.1. The van der Waals surface area contributed by atoms with Crippen molar-refractivity contribution in [3.63, 3.8) is 0 Å². The molecule has 2 aromatic heterocycles. The smallest absolute Gasteiger partial charge is 0.316 e. The lowest BCUT2D eigenvalue weighted by Crippen LogP contribution is -2.49. The number of nitrogens with zero attached hydrogens (tertiary/aromatic N) is 4. The summed E-state index contributed by atoms with van der Waals surface area (Å²) >= 11 is 0. The molecule has 1 aromatic carbocycles. The number of rotatable bonds is 10. The molecule has 0 aliphatic carbocycles. The molecule has 0 atom stereocenters. The van der Waals surface area contributed by atoms with E-state index in [-0.39, 0.29) is 30.9 Å². The molecule has 0 saturated carbocycles. The SMILES string of the molecule is CN(C)CCOc1nccc(-c2[nH]c(C3OCC(C)(C(=O)NCCN)CO3)nc2-c2ccc(F)cc2)n1. The maximum absolute atomic E-state index is 13.6. The number of carbonyl (C=O) groups excluding carboxylic acids is 1. The number of hydrogen-bond acceptors (Lipinski definition) is 9. The molecule has 3 heterocycles. The number of imidazole rings is 1. The maximum atomic E-state index is 13.6. The van der Waals surface area contributed by atoms with Crippen molar-refractivity contribution in [3.8, 4) is 28.7 Å². The van der Waals surface area contributed by atoms with E-state index in [9.17, 15) is 9.18 Å². The van der Waals surface area contributed by atoms with Gasteiger partial charge in [-0.05, 0) is 51.4 Å². The Kier molecular flexibility index (Phi) is 8.44. The van der Waals surface area contributed by atoms with E-state index < -0.39 is 11.7 Å². The maximum Gasteiger partial charge on any atom is 0.316 e. The molecule has 4 N–H and O–H groups in total. The summed E-state index contributed by atoms with van der Waals surface area (Å²) in [6.07, 6.45) is 0.766. The second-order valence-corrected chi connectivity index (χ2v) is 9.29. The molecule has 3 aromatic rings. The Bertz CT molecular complexity index is 1190. The summed E-state index contributed by atoms with van der Waals surface area (Å²) in [5.41, 5.74) is 6.95. The van der Waals surface area contributed by atoms with E-state index in [4.69, 9.17) is 24.9 Å². The fourth-order valence-corrected chi connectivity index (χ4v) is 3.67. The minimum Gasteiger partial charge on any atom is -0.462 e. The van der Waals surface area contributed by atoms with E-state index in [0.717, 1.165) is 0 Å². The van der Waals surface area contributed by atoms with Gasteiger partial charge in [0.05, 0.1) is 35.7 Å². The zero-order chi connectivity index (χ0) is 26.4. The van der Waals surface area contributed by atoms with Crippen molar-refractivity contribution in [1.82, 2.24) is 30.2 Å². The van der Waals surface area contributed by atoms with Crippen LogP contribution < -0.4 is 15.8 Å². The number of likely N-dealkylation sites (N-methyl/N-ethyl adjacent to an activating group) is 1. The van der Waals surface area contributed by atoms with Gasteiger partial charge in [0, 0.05) is 31.4 Å². The van der Waals surface area contributed by atoms with E-state index in [1.165, 1.54) is 12.1 Å². The minimum atomic E-state index is -0.855. The lowest BCUT2D eigenvalue weighted by molar-refractivity contribution is -0.231. The fourth-order valence-electron chi connectivity index (χ4n) is 3.67. The number of benzene rings is 1. The number of hydrogen-bond donors (Lipinski definition) is 3. The molecular formula is C25H32FN7O4. The first-order valence-electron chi connectivity index (χ1n) is 12.0. The highest BCUT2D eigenvalue weighted by molar-refractivity contribution is 5.82. The van der Waals surface area contributed by atoms with Crippen LogP contribution in [-0.4, -0.2) is 84.3 Å². The molecule has 0 unspecified atom stereocenters. The Balaban J connectivity index is 1.60. The van der Waals surface area contributed by atoms with Crippen LogP contribution in [0, 0.1) is 11.2 Å². The highest BCUT2D eigenvalue weighted by Gasteiger charge is 2.40. The Morgan fingerprint density at radius 1 is 1.24 bits per heavy atom. The molecule has 0 bridgehead atoms. The van der Waals surface area contributed by atoms with Crippen molar-refractivity contribution in [2.24, 2.45) is 11.1 Å². The standard InChI is InChI=1S/C25H32FN7O4/c1-25(23(34)28-11-9-27)14-36-22(37-15-25)21-31-19(16-4-6-17(26)7-5-16)20(32-21)18-8-10-29-24(30-18)35-13-12-33(2)3/h4-8,10,22H,9,11-15,27H2,1-3H3,(H,28,34)(H,31,32). The quantitative estimate of drug-likeness (QED) is 0.370. The van der Waals surface area contributed by atoms with Gasteiger partial charge in [0.2, 0.25) is 12.2 Å². The van der Waals surface area contributed by atoms with Gasteiger partial charge in [-0.1, -0.05) is 0 Å². The summed E-state index contributed by atoms with van der Waals surface area (Å²) < 4.78 is 31.1. The Morgan fingerprint density at radius 3 is 2.65 bits per heavy atom. The van der Waals surface area contributed by atoms with Crippen LogP contribution in [0.4, 0.5) is 4.39 Å². The number of halogens is 1. The Hall–Kier alpha value is -3.45. The van der Waals surface area contributed by atoms with E-state index in [1.54, 1.807) is 31.3 Å². The molecule has 12 heteroatoms. The predicted molar refractivity (Wildman–Crippen MR) is 134 cm³/mol. The van der Waals surface area contributed by atoms with Gasteiger partial charge in [0.1, 0.15) is 12.4 Å². The van der Waals surface area contributed by atoms with Gasteiger partial charge in [0.15, 0.2) is 5.82 Å². The van der Waals surface area contributed by atoms with Crippen LogP contribution in [0.1, 0.15) is 19.0 Å². The number of carbonyl (C=O) groups is 1. The van der Waals surface area contributed by atoms with Crippen LogP contribution in [0.25, 0.3) is 22.6 Å². The number of amides is 1. The third kappa shape index (κ3) is 6.46. The van der Waals surface area contributed by atoms with E-state index in [0.29, 0.717) is 54.7 Å². The van der Waals surface area contributed by atoms with Crippen LogP contribution in [-0.2, 0) is 14.3 Å². The van der Waals surface area contributed by atoms with Gasteiger partial charge >= 0.3 is 6.01 Å². The third-order valence-electron chi connectivity index (χ3n) is 5.81. The van der Waals surface area contributed by atoms with Crippen LogP contribution in [0.3, 0.4) is 0 Å². The molecule has 0 spiro atoms. The first-order chi connectivity index (χ1) is 17.8. The number of nitrogens with one attached hydrogen (secondary N) is 2. The van der Waals surface area contributed by atoms with Crippen LogP contribution >= 0.6 is 0 Å². The van der Waals surface area contributed by atoms with Gasteiger partial charge in [-0.3, -0.25) is 4.79 Å². The molecule has 198 valence electrons. The molecule has 1 fully saturated rings. The first-order valence-corrected chi connectivity index (χ1v) is 12.0. The Labute approximate surface area is 214 Å². The number of nitrogens with two attached hydrogens (primary N) is 1. The van der Waals surface area contributed by atoms with Gasteiger partial charge in [-0.25, -0.2) is 14.4 Å². The second-order valence-electron chi connectivity index (χ2n) is 9.29. The van der Waals surface area contributed by atoms with Gasteiger partial charge in [-0.2, -0.15) is 4.98 Å². The van der Waals surface area contributed by atoms with E-state index in [1.807, 2.05) is 19.0 Å². The first kappa shape index (κ1) is 26.6. The summed E-state index contributed by atoms with van der Waals surface area (Å²) in [6, 6.07) is 7.95. The number of aromatic nitrogens is 4. The summed E-state index contributed by atoms with van der Waals surface area (Å²) in [7, 11) is 3.90. The van der Waals surface area contributed by atoms with Gasteiger partial charge in [0.25, 0.3) is 0 Å². The average molecular weight is 514 g/mol. The summed E-state index contributed by atoms with van der Waals surface area (Å²) in [4.78, 5) is 31.2. The zero-order valence-corrected chi connectivity index (χ0v) is 21.2. The van der Waals surface area contributed by atoms with Crippen LogP contribution in [0.2, 0.25) is 0 Å². The normalized spacial score (nSPS) is 19.7. The van der Waals surface area contributed by atoms with E-state index in [2.05, 4.69) is 20.3 Å². The molecule has 1 amide bonds. The van der Waals surface area contributed by atoms with Crippen molar-refractivity contribution >= 4 is 5.91 Å². The van der Waals surface area contributed by atoms with Gasteiger partial charge < -0.3 is 35.1 Å². The minimum absolute atomic E-state index is 0.132. The fraction of sp³-hybridized carbons (Fsp3) is 0.440. The summed E-state index contributed by atoms with van der Waals surface area (Å²) in [6.45, 7) is 3.89. The van der Waals surface area contributed by atoms with Crippen LogP contribution in [0.15, 0.2) is 36.5 Å². The molecule has 0 radical (unpaired) electrons. The topological polar surface area (TPSA) is 141 Å². The van der Waals surface area contributed by atoms with Crippen molar-refractivity contribution in [2.75, 3.05) is 53.6 Å². The average Bonchev–Trinajstić information content (AvgIpc) is 3.33. The van der Waals surface area contributed by atoms with Crippen molar-refractivity contribution in [2.45, 2.75) is 13.2 Å². The third-order valence-corrected chi connectivity index (χ3v) is 5.81. The molecule has 1 aliphatic heterocycles. The number of H-pyrrole nitrogens is 1. The zero-order valence-electron chi connectivity index (χ0n) is 21.2. The molecule has 4 rings (SSSR count). The van der Waals surface area contributed by atoms with Crippen molar-refractivity contribution < 1.29 is 23.4 Å². The lowest BCUT2D eigenvalue weighted by Gasteiger charge is -2.35. The molecule has 37 heavy (non-hydrogen) atoms. The molecule has 1 saturated heterocycles. The number of aromatic amines is 1. The Morgan fingerprint density at radius 2 is 1.97 bits per heavy atom. The van der Waals surface area contributed by atoms with Crippen LogP contribution in [0.5, 0.6) is 6.01 Å². The highest BCUT2D eigenvalue weighted by Crippen LogP contribution is 2.35. The predicted octanol–water partition coefficient (Wildman–Crippen LogP) is 1.74. The van der Waals surface area contributed by atoms with E-state index >= 15 is 0 Å². The largest absolute Gasteiger partial charge is 0.462 e. The molecule has 1 aliphatic rings. The number of ether oxygens (including phenoxy) is 3. The summed E-state index contributed by atoms with van der Waals surface area (Å²) in [5, 5.41) is 2.78.